The number of likely N-dealkylation sites (tertiary alicyclic amines) is 1. The molecular weight excluding hydrogens is 196 g/mol. The number of nitrogens with two attached hydrogens (primary N) is 1. The summed E-state index contributed by atoms with van der Waals surface area (Å²) in [6.07, 6.45) is 11.1. The number of hydrogen-bond donors (Lipinski definition) is 1. The van der Waals surface area contributed by atoms with Crippen LogP contribution in [0.15, 0.2) is 0 Å². The second-order valence-electron chi connectivity index (χ2n) is 5.80. The van der Waals surface area contributed by atoms with E-state index in [9.17, 15) is 0 Å². The Labute approximate surface area is 101 Å². The van der Waals surface area contributed by atoms with Gasteiger partial charge in [0.25, 0.3) is 0 Å². The topological polar surface area (TPSA) is 29.3 Å². The van der Waals surface area contributed by atoms with Crippen LogP contribution in [0.4, 0.5) is 0 Å². The maximum atomic E-state index is 6.20. The average molecular weight is 224 g/mol. The van der Waals surface area contributed by atoms with Crippen molar-refractivity contribution >= 4 is 0 Å². The number of rotatable bonds is 4. The van der Waals surface area contributed by atoms with Crippen molar-refractivity contribution in [2.75, 3.05) is 13.1 Å². The largest absolute Gasteiger partial charge is 0.327 e. The smallest absolute Gasteiger partial charge is 0.0167 e. The number of fused-ring (bicyclic) bond motifs is 1. The van der Waals surface area contributed by atoms with Gasteiger partial charge >= 0.3 is 0 Å². The highest BCUT2D eigenvalue weighted by atomic mass is 15.2. The van der Waals surface area contributed by atoms with Crippen molar-refractivity contribution in [3.05, 3.63) is 0 Å². The summed E-state index contributed by atoms with van der Waals surface area (Å²) in [6, 6.07) is 1.29. The maximum absolute atomic E-state index is 6.20. The Bertz CT molecular complexity index is 203. The zero-order chi connectivity index (χ0) is 11.4. The van der Waals surface area contributed by atoms with Gasteiger partial charge in [0, 0.05) is 18.6 Å². The molecule has 0 spiro atoms. The van der Waals surface area contributed by atoms with Crippen molar-refractivity contribution in [2.45, 2.75) is 70.4 Å². The van der Waals surface area contributed by atoms with Gasteiger partial charge in [0.1, 0.15) is 0 Å². The van der Waals surface area contributed by atoms with Crippen molar-refractivity contribution < 1.29 is 0 Å². The fraction of sp³-hybridized carbons (Fsp3) is 1.00. The molecule has 1 aliphatic carbocycles. The van der Waals surface area contributed by atoms with E-state index >= 15 is 0 Å². The molecule has 0 radical (unpaired) electrons. The van der Waals surface area contributed by atoms with E-state index in [0.29, 0.717) is 6.04 Å². The van der Waals surface area contributed by atoms with Crippen molar-refractivity contribution in [1.82, 2.24) is 4.90 Å². The second-order valence-corrected chi connectivity index (χ2v) is 5.80. The Balaban J connectivity index is 1.87. The minimum atomic E-state index is 0.408. The number of hydrogen-bond acceptors (Lipinski definition) is 2. The van der Waals surface area contributed by atoms with Crippen LogP contribution in [0.3, 0.4) is 0 Å². The summed E-state index contributed by atoms with van der Waals surface area (Å²) in [6.45, 7) is 4.69. The molecule has 2 fully saturated rings. The molecule has 0 bridgehead atoms. The van der Waals surface area contributed by atoms with Crippen LogP contribution >= 0.6 is 0 Å². The molecule has 2 heteroatoms. The zero-order valence-corrected chi connectivity index (χ0v) is 10.8. The third kappa shape index (κ3) is 2.98. The standard InChI is InChI=1S/C14H28N2/c1-2-6-13(15)11-16-10-5-8-12-7-3-4-9-14(12)16/h12-14H,2-11,15H2,1H3. The van der Waals surface area contributed by atoms with Crippen LogP contribution in [0.2, 0.25) is 0 Å². The van der Waals surface area contributed by atoms with Gasteiger partial charge in [-0.05, 0) is 44.6 Å². The van der Waals surface area contributed by atoms with Crippen molar-refractivity contribution in [1.29, 1.82) is 0 Å². The Morgan fingerprint density at radius 3 is 2.75 bits per heavy atom. The van der Waals surface area contributed by atoms with Gasteiger partial charge < -0.3 is 5.73 Å². The van der Waals surface area contributed by atoms with Gasteiger partial charge in [0.2, 0.25) is 0 Å². The van der Waals surface area contributed by atoms with E-state index in [-0.39, 0.29) is 0 Å². The van der Waals surface area contributed by atoms with Gasteiger partial charge in [-0.2, -0.15) is 0 Å². The molecule has 2 rings (SSSR count). The normalized spacial score (nSPS) is 33.4. The molecule has 16 heavy (non-hydrogen) atoms. The molecule has 2 nitrogen and oxygen atoms in total. The molecule has 1 heterocycles. The lowest BCUT2D eigenvalue weighted by atomic mass is 9.78. The number of piperidine rings is 1. The van der Waals surface area contributed by atoms with E-state index in [4.69, 9.17) is 5.73 Å². The Morgan fingerprint density at radius 2 is 1.94 bits per heavy atom. The summed E-state index contributed by atoms with van der Waals surface area (Å²) in [4.78, 5) is 2.72. The third-order valence-corrected chi connectivity index (χ3v) is 4.49. The molecule has 0 aromatic carbocycles. The molecule has 3 atom stereocenters. The highest BCUT2D eigenvalue weighted by Gasteiger charge is 2.33. The van der Waals surface area contributed by atoms with Crippen LogP contribution in [0, 0.1) is 5.92 Å². The summed E-state index contributed by atoms with van der Waals surface area (Å²) in [5.74, 6) is 0.997. The van der Waals surface area contributed by atoms with Crippen molar-refractivity contribution in [3.63, 3.8) is 0 Å². The van der Waals surface area contributed by atoms with Gasteiger partial charge in [-0.3, -0.25) is 4.90 Å². The molecule has 3 unspecified atom stereocenters. The summed E-state index contributed by atoms with van der Waals surface area (Å²) >= 11 is 0. The van der Waals surface area contributed by atoms with E-state index < -0.39 is 0 Å². The van der Waals surface area contributed by atoms with Crippen molar-refractivity contribution in [2.24, 2.45) is 11.7 Å². The molecular formula is C14H28N2. The highest BCUT2D eigenvalue weighted by molar-refractivity contribution is 4.88. The summed E-state index contributed by atoms with van der Waals surface area (Å²) in [5.41, 5.74) is 6.20. The molecule has 1 aliphatic heterocycles. The first-order valence-electron chi connectivity index (χ1n) is 7.31. The summed E-state index contributed by atoms with van der Waals surface area (Å²) < 4.78 is 0. The zero-order valence-electron chi connectivity index (χ0n) is 10.8. The molecule has 1 saturated carbocycles. The molecule has 2 aliphatic rings. The Hall–Kier alpha value is -0.0800. The fourth-order valence-electron chi connectivity index (χ4n) is 3.72. The van der Waals surface area contributed by atoms with Crippen LogP contribution in [0.25, 0.3) is 0 Å². The first-order valence-corrected chi connectivity index (χ1v) is 7.31. The van der Waals surface area contributed by atoms with Crippen LogP contribution < -0.4 is 5.73 Å². The van der Waals surface area contributed by atoms with E-state index in [1.807, 2.05) is 0 Å². The van der Waals surface area contributed by atoms with E-state index in [1.54, 1.807) is 0 Å². The van der Waals surface area contributed by atoms with Gasteiger partial charge in [-0.25, -0.2) is 0 Å². The summed E-state index contributed by atoms with van der Waals surface area (Å²) in [7, 11) is 0. The van der Waals surface area contributed by atoms with Crippen LogP contribution in [-0.4, -0.2) is 30.1 Å². The predicted molar refractivity (Wildman–Crippen MR) is 69.4 cm³/mol. The number of nitrogens with zero attached hydrogens (tertiary/aromatic N) is 1. The van der Waals surface area contributed by atoms with Crippen LogP contribution in [0.5, 0.6) is 0 Å². The quantitative estimate of drug-likeness (QED) is 0.795. The maximum Gasteiger partial charge on any atom is 0.0167 e. The van der Waals surface area contributed by atoms with E-state index in [1.165, 1.54) is 57.9 Å². The monoisotopic (exact) mass is 224 g/mol. The molecule has 1 saturated heterocycles. The van der Waals surface area contributed by atoms with Crippen LogP contribution in [-0.2, 0) is 0 Å². The van der Waals surface area contributed by atoms with Gasteiger partial charge in [0.05, 0.1) is 0 Å². The lowest BCUT2D eigenvalue weighted by molar-refractivity contribution is 0.0555. The first kappa shape index (κ1) is 12.4. The predicted octanol–water partition coefficient (Wildman–Crippen LogP) is 2.77. The first-order chi connectivity index (χ1) is 7.81. The summed E-state index contributed by atoms with van der Waals surface area (Å²) in [5, 5.41) is 0. The minimum absolute atomic E-state index is 0.408. The molecule has 0 amide bonds. The van der Waals surface area contributed by atoms with Crippen molar-refractivity contribution in [3.8, 4) is 0 Å². The average Bonchev–Trinajstić information content (AvgIpc) is 2.30. The lowest BCUT2D eigenvalue weighted by Crippen LogP contribution is -2.50. The lowest BCUT2D eigenvalue weighted by Gasteiger charge is -2.45. The fourth-order valence-corrected chi connectivity index (χ4v) is 3.72. The second kappa shape index (κ2) is 6.02. The minimum Gasteiger partial charge on any atom is -0.327 e. The van der Waals surface area contributed by atoms with Gasteiger partial charge in [0.15, 0.2) is 0 Å². The molecule has 0 aromatic rings. The third-order valence-electron chi connectivity index (χ3n) is 4.49. The van der Waals surface area contributed by atoms with E-state index in [0.717, 1.165) is 18.5 Å². The molecule has 0 aromatic heterocycles. The Kier molecular flexibility index (Phi) is 4.66. The van der Waals surface area contributed by atoms with E-state index in [2.05, 4.69) is 11.8 Å². The van der Waals surface area contributed by atoms with Gasteiger partial charge in [-0.15, -0.1) is 0 Å². The highest BCUT2D eigenvalue weighted by Crippen LogP contribution is 2.35. The van der Waals surface area contributed by atoms with Gasteiger partial charge in [-0.1, -0.05) is 26.2 Å². The van der Waals surface area contributed by atoms with Crippen LogP contribution in [0.1, 0.15) is 58.3 Å². The molecule has 2 N–H and O–H groups in total. The molecule has 94 valence electrons. The SMILES string of the molecule is CCCC(N)CN1CCCC2CCCCC21. The Morgan fingerprint density at radius 1 is 1.19 bits per heavy atom.